The second kappa shape index (κ2) is 5.66. The minimum atomic E-state index is -0.708. The molecule has 0 saturated carbocycles. The second-order valence-corrected chi connectivity index (χ2v) is 5.50. The van der Waals surface area contributed by atoms with Crippen molar-refractivity contribution in [2.45, 2.75) is 5.54 Å². The van der Waals surface area contributed by atoms with Crippen molar-refractivity contribution in [1.29, 1.82) is 0 Å². The minimum Gasteiger partial charge on any atom is -0.370 e. The van der Waals surface area contributed by atoms with Gasteiger partial charge in [-0.25, -0.2) is 9.98 Å². The van der Waals surface area contributed by atoms with E-state index in [-0.39, 0.29) is 0 Å². The summed E-state index contributed by atoms with van der Waals surface area (Å²) in [6.07, 6.45) is 12.8. The molecule has 4 rings (SSSR count). The zero-order chi connectivity index (χ0) is 16.4. The molecule has 0 aliphatic carbocycles. The third-order valence-corrected chi connectivity index (χ3v) is 4.04. The van der Waals surface area contributed by atoms with Crippen LogP contribution < -0.4 is 11.1 Å². The molecule has 3 heterocycles. The maximum Gasteiger partial charge on any atom is 0.194 e. The van der Waals surface area contributed by atoms with Crippen molar-refractivity contribution in [3.8, 4) is 5.69 Å². The Balaban J connectivity index is 1.91. The lowest BCUT2D eigenvalue weighted by Crippen LogP contribution is -2.37. The van der Waals surface area contributed by atoms with Gasteiger partial charge < -0.3 is 15.6 Å². The summed E-state index contributed by atoms with van der Waals surface area (Å²) in [5.74, 6) is 0.370. The van der Waals surface area contributed by atoms with Crippen LogP contribution in [0.4, 0.5) is 0 Å². The molecule has 24 heavy (non-hydrogen) atoms. The van der Waals surface area contributed by atoms with Gasteiger partial charge in [-0.05, 0) is 29.8 Å². The molecule has 3 aromatic rings. The average molecular weight is 316 g/mol. The topological polar surface area (TPSA) is 81.1 Å². The van der Waals surface area contributed by atoms with Crippen LogP contribution in [0.5, 0.6) is 0 Å². The highest BCUT2D eigenvalue weighted by Crippen LogP contribution is 2.36. The Labute approximate surface area is 139 Å². The van der Waals surface area contributed by atoms with Gasteiger partial charge in [0.1, 0.15) is 5.54 Å². The molecule has 2 aromatic heterocycles. The van der Waals surface area contributed by atoms with Gasteiger partial charge in [0.2, 0.25) is 0 Å². The van der Waals surface area contributed by atoms with E-state index < -0.39 is 5.54 Å². The maximum absolute atomic E-state index is 5.97. The number of imidazole rings is 1. The molecule has 6 nitrogen and oxygen atoms in total. The molecule has 118 valence electrons. The highest BCUT2D eigenvalue weighted by Gasteiger charge is 2.34. The van der Waals surface area contributed by atoms with Crippen molar-refractivity contribution in [2.75, 3.05) is 0 Å². The SMILES string of the molecule is NC1=NC(c2cccnc2)(c2cccc(-n3ccnc3)c2)C=CN1. The zero-order valence-corrected chi connectivity index (χ0v) is 12.9. The van der Waals surface area contributed by atoms with Gasteiger partial charge in [-0.3, -0.25) is 4.98 Å². The number of hydrogen-bond acceptors (Lipinski definition) is 5. The van der Waals surface area contributed by atoms with Gasteiger partial charge in [0.25, 0.3) is 0 Å². The van der Waals surface area contributed by atoms with Crippen LogP contribution in [0.3, 0.4) is 0 Å². The van der Waals surface area contributed by atoms with Crippen molar-refractivity contribution >= 4 is 5.96 Å². The molecule has 0 fully saturated rings. The van der Waals surface area contributed by atoms with Crippen molar-refractivity contribution in [3.05, 3.63) is 90.9 Å². The summed E-state index contributed by atoms with van der Waals surface area (Å²) in [6, 6.07) is 12.1. The number of nitrogens with zero attached hydrogens (tertiary/aromatic N) is 4. The number of aromatic nitrogens is 3. The summed E-state index contributed by atoms with van der Waals surface area (Å²) in [5, 5.41) is 2.93. The summed E-state index contributed by atoms with van der Waals surface area (Å²) in [7, 11) is 0. The summed E-state index contributed by atoms with van der Waals surface area (Å²) in [5.41, 5.74) is 8.22. The van der Waals surface area contributed by atoms with E-state index in [0.717, 1.165) is 16.8 Å². The van der Waals surface area contributed by atoms with E-state index in [1.165, 1.54) is 0 Å². The Morgan fingerprint density at radius 1 is 1.04 bits per heavy atom. The molecular formula is C18H16N6. The molecule has 3 N–H and O–H groups in total. The van der Waals surface area contributed by atoms with Gasteiger partial charge in [-0.2, -0.15) is 0 Å². The van der Waals surface area contributed by atoms with Gasteiger partial charge in [0, 0.05) is 42.2 Å². The first-order valence-corrected chi connectivity index (χ1v) is 7.57. The number of aliphatic imine (C=N–C) groups is 1. The first-order valence-electron chi connectivity index (χ1n) is 7.57. The number of rotatable bonds is 3. The lowest BCUT2D eigenvalue weighted by atomic mass is 9.83. The Kier molecular flexibility index (Phi) is 3.35. The number of pyridine rings is 1. The molecule has 0 spiro atoms. The molecule has 0 saturated heterocycles. The van der Waals surface area contributed by atoms with Crippen LogP contribution in [0.1, 0.15) is 11.1 Å². The van der Waals surface area contributed by atoms with E-state index in [1.54, 1.807) is 18.7 Å². The fraction of sp³-hybridized carbons (Fsp3) is 0.0556. The van der Waals surface area contributed by atoms with Gasteiger partial charge >= 0.3 is 0 Å². The third-order valence-electron chi connectivity index (χ3n) is 4.04. The van der Waals surface area contributed by atoms with Crippen LogP contribution in [0, 0.1) is 0 Å². The first kappa shape index (κ1) is 14.2. The Hall–Kier alpha value is -3.41. The van der Waals surface area contributed by atoms with Crippen molar-refractivity contribution < 1.29 is 0 Å². The summed E-state index contributed by atoms with van der Waals surface area (Å²) in [6.45, 7) is 0. The Morgan fingerprint density at radius 3 is 2.71 bits per heavy atom. The lowest BCUT2D eigenvalue weighted by molar-refractivity contribution is 0.660. The molecule has 1 aliphatic rings. The molecule has 6 heteroatoms. The van der Waals surface area contributed by atoms with Crippen LogP contribution in [0.2, 0.25) is 0 Å². The monoisotopic (exact) mass is 316 g/mol. The first-order chi connectivity index (χ1) is 11.8. The van der Waals surface area contributed by atoms with E-state index in [9.17, 15) is 0 Å². The lowest BCUT2D eigenvalue weighted by Gasteiger charge is -2.30. The molecule has 0 bridgehead atoms. The van der Waals surface area contributed by atoms with Crippen LogP contribution in [0.25, 0.3) is 5.69 Å². The fourth-order valence-electron chi connectivity index (χ4n) is 2.90. The van der Waals surface area contributed by atoms with E-state index in [1.807, 2.05) is 59.6 Å². The van der Waals surface area contributed by atoms with Gasteiger partial charge in [-0.15, -0.1) is 0 Å². The summed E-state index contributed by atoms with van der Waals surface area (Å²) < 4.78 is 1.96. The van der Waals surface area contributed by atoms with Gasteiger partial charge in [-0.1, -0.05) is 18.2 Å². The normalized spacial score (nSPS) is 19.6. The van der Waals surface area contributed by atoms with Crippen LogP contribution in [-0.4, -0.2) is 20.5 Å². The summed E-state index contributed by atoms with van der Waals surface area (Å²) >= 11 is 0. The fourth-order valence-corrected chi connectivity index (χ4v) is 2.90. The number of benzene rings is 1. The highest BCUT2D eigenvalue weighted by molar-refractivity contribution is 5.81. The Bertz CT molecular complexity index is 898. The molecule has 1 aromatic carbocycles. The van der Waals surface area contributed by atoms with Crippen LogP contribution >= 0.6 is 0 Å². The largest absolute Gasteiger partial charge is 0.370 e. The highest BCUT2D eigenvalue weighted by atomic mass is 15.1. The van der Waals surface area contributed by atoms with Gasteiger partial charge in [0.15, 0.2) is 5.96 Å². The molecule has 1 atom stereocenters. The van der Waals surface area contributed by atoms with Crippen molar-refractivity contribution in [1.82, 2.24) is 19.9 Å². The predicted molar refractivity (Wildman–Crippen MR) is 92.5 cm³/mol. The molecule has 1 aliphatic heterocycles. The predicted octanol–water partition coefficient (Wildman–Crippen LogP) is 1.94. The molecule has 1 unspecified atom stereocenters. The molecule has 0 amide bonds. The number of nitrogens with two attached hydrogens (primary N) is 1. The van der Waals surface area contributed by atoms with E-state index in [2.05, 4.69) is 21.4 Å². The van der Waals surface area contributed by atoms with Crippen molar-refractivity contribution in [2.24, 2.45) is 10.7 Å². The Morgan fingerprint density at radius 2 is 1.96 bits per heavy atom. The number of nitrogens with one attached hydrogen (secondary N) is 1. The van der Waals surface area contributed by atoms with Crippen LogP contribution in [-0.2, 0) is 5.54 Å². The number of guanidine groups is 1. The quantitative estimate of drug-likeness (QED) is 0.774. The standard InChI is InChI=1S/C18H16N6/c19-17-22-8-6-18(23-17,15-4-2-7-20-12-15)14-3-1-5-16(11-14)24-10-9-21-13-24/h1-13H,(H3,19,22,23). The summed E-state index contributed by atoms with van der Waals surface area (Å²) in [4.78, 5) is 13.1. The maximum atomic E-state index is 5.97. The smallest absolute Gasteiger partial charge is 0.194 e. The van der Waals surface area contributed by atoms with Crippen LogP contribution in [0.15, 0.2) is 84.8 Å². The van der Waals surface area contributed by atoms with E-state index in [4.69, 9.17) is 10.7 Å². The zero-order valence-electron chi connectivity index (χ0n) is 12.9. The molecule has 0 radical (unpaired) electrons. The number of hydrogen-bond donors (Lipinski definition) is 2. The average Bonchev–Trinajstić information content (AvgIpc) is 3.17. The van der Waals surface area contributed by atoms with Gasteiger partial charge in [0.05, 0.1) is 6.33 Å². The van der Waals surface area contributed by atoms with Crippen molar-refractivity contribution in [3.63, 3.8) is 0 Å². The second-order valence-electron chi connectivity index (χ2n) is 5.50. The minimum absolute atomic E-state index is 0.370. The third kappa shape index (κ3) is 2.34. The molecular weight excluding hydrogens is 300 g/mol. The van der Waals surface area contributed by atoms with E-state index in [0.29, 0.717) is 5.96 Å². The van der Waals surface area contributed by atoms with E-state index >= 15 is 0 Å².